The molecule has 0 saturated heterocycles. The van der Waals surface area contributed by atoms with Crippen LogP contribution in [0, 0.1) is 0 Å². The van der Waals surface area contributed by atoms with Gasteiger partial charge in [-0.1, -0.05) is 34.8 Å². The smallest absolute Gasteiger partial charge is 0.243 e. The summed E-state index contributed by atoms with van der Waals surface area (Å²) >= 11 is 17.7. The average Bonchev–Trinajstić information content (AvgIpc) is 2.37. The van der Waals surface area contributed by atoms with E-state index in [2.05, 4.69) is 4.98 Å². The first kappa shape index (κ1) is 16.5. The van der Waals surface area contributed by atoms with Gasteiger partial charge in [0, 0.05) is 29.8 Å². The van der Waals surface area contributed by atoms with Crippen molar-refractivity contribution in [2.24, 2.45) is 0 Å². The van der Waals surface area contributed by atoms with Crippen molar-refractivity contribution in [1.82, 2.24) is 9.29 Å². The fourth-order valence-electron chi connectivity index (χ4n) is 1.78. The van der Waals surface area contributed by atoms with Gasteiger partial charge < -0.3 is 0 Å². The Morgan fingerprint density at radius 1 is 1.14 bits per heavy atom. The fourth-order valence-corrected chi connectivity index (χ4v) is 3.93. The number of sulfonamides is 1. The van der Waals surface area contributed by atoms with E-state index in [0.29, 0.717) is 15.6 Å². The highest BCUT2D eigenvalue weighted by Gasteiger charge is 2.24. The molecule has 0 atom stereocenters. The third-order valence-electron chi connectivity index (χ3n) is 2.74. The summed E-state index contributed by atoms with van der Waals surface area (Å²) in [6.45, 7) is 0.119. The average molecular weight is 366 g/mol. The summed E-state index contributed by atoms with van der Waals surface area (Å²) in [4.78, 5) is 3.74. The maximum absolute atomic E-state index is 12.5. The molecule has 4 nitrogen and oxygen atoms in total. The molecule has 0 saturated carbocycles. The number of pyridine rings is 1. The van der Waals surface area contributed by atoms with Crippen molar-refractivity contribution in [3.63, 3.8) is 0 Å². The third-order valence-corrected chi connectivity index (χ3v) is 5.43. The molecule has 2 rings (SSSR count). The molecule has 0 aliphatic carbocycles. The predicted octanol–water partition coefficient (Wildman–Crippen LogP) is 3.86. The molecule has 0 fully saturated rings. The van der Waals surface area contributed by atoms with Gasteiger partial charge in [0.05, 0.1) is 0 Å². The molecule has 2 aromatic rings. The monoisotopic (exact) mass is 364 g/mol. The molecule has 0 spiro atoms. The number of hydrogen-bond acceptors (Lipinski definition) is 3. The van der Waals surface area contributed by atoms with Gasteiger partial charge in [-0.15, -0.1) is 0 Å². The molecule has 0 unspecified atom stereocenters. The molecule has 0 amide bonds. The molecule has 1 heterocycles. The molecule has 0 bridgehead atoms. The van der Waals surface area contributed by atoms with E-state index in [0.717, 1.165) is 4.31 Å². The van der Waals surface area contributed by atoms with Gasteiger partial charge in [-0.05, 0) is 35.9 Å². The summed E-state index contributed by atoms with van der Waals surface area (Å²) in [6, 6.07) is 7.82. The van der Waals surface area contributed by atoms with Crippen LogP contribution in [0.2, 0.25) is 15.2 Å². The van der Waals surface area contributed by atoms with Gasteiger partial charge >= 0.3 is 0 Å². The van der Waals surface area contributed by atoms with E-state index in [1.54, 1.807) is 18.2 Å². The van der Waals surface area contributed by atoms with E-state index in [1.807, 2.05) is 0 Å². The second-order valence-electron chi connectivity index (χ2n) is 4.33. The van der Waals surface area contributed by atoms with E-state index in [1.165, 1.54) is 25.4 Å². The summed E-state index contributed by atoms with van der Waals surface area (Å²) < 4.78 is 26.1. The van der Waals surface area contributed by atoms with Crippen LogP contribution in [-0.2, 0) is 16.6 Å². The van der Waals surface area contributed by atoms with Crippen molar-refractivity contribution in [1.29, 1.82) is 0 Å². The van der Waals surface area contributed by atoms with Crippen LogP contribution in [0.15, 0.2) is 41.4 Å². The van der Waals surface area contributed by atoms with Gasteiger partial charge in [0.1, 0.15) is 10.0 Å². The second kappa shape index (κ2) is 6.50. The van der Waals surface area contributed by atoms with Crippen molar-refractivity contribution < 1.29 is 8.42 Å². The lowest BCUT2D eigenvalue weighted by atomic mass is 10.2. The van der Waals surface area contributed by atoms with Crippen LogP contribution in [0.3, 0.4) is 0 Å². The van der Waals surface area contributed by atoms with Crippen LogP contribution < -0.4 is 0 Å². The Balaban J connectivity index is 2.31. The molecule has 112 valence electrons. The first-order valence-corrected chi connectivity index (χ1v) is 8.40. The zero-order chi connectivity index (χ0) is 15.6. The molecule has 0 radical (unpaired) electrons. The first-order chi connectivity index (χ1) is 9.80. The molecule has 1 aromatic heterocycles. The minimum absolute atomic E-state index is 0.0395. The molecule has 21 heavy (non-hydrogen) atoms. The van der Waals surface area contributed by atoms with Crippen molar-refractivity contribution in [2.75, 3.05) is 7.05 Å². The molecule has 0 N–H and O–H groups in total. The number of nitrogens with zero attached hydrogens (tertiary/aromatic N) is 2. The van der Waals surface area contributed by atoms with Crippen LogP contribution in [0.1, 0.15) is 5.56 Å². The number of halogens is 3. The van der Waals surface area contributed by atoms with Crippen molar-refractivity contribution >= 4 is 44.8 Å². The number of hydrogen-bond donors (Lipinski definition) is 0. The number of aromatic nitrogens is 1. The highest BCUT2D eigenvalue weighted by Crippen LogP contribution is 2.24. The van der Waals surface area contributed by atoms with Crippen molar-refractivity contribution in [3.05, 3.63) is 57.3 Å². The van der Waals surface area contributed by atoms with Crippen LogP contribution >= 0.6 is 34.8 Å². The zero-order valence-corrected chi connectivity index (χ0v) is 14.0. The maximum atomic E-state index is 12.5. The first-order valence-electron chi connectivity index (χ1n) is 5.82. The van der Waals surface area contributed by atoms with Gasteiger partial charge in [0.2, 0.25) is 10.0 Å². The number of rotatable bonds is 4. The Labute approximate surface area is 138 Å². The van der Waals surface area contributed by atoms with Crippen LogP contribution in [0.25, 0.3) is 0 Å². The van der Waals surface area contributed by atoms with E-state index in [-0.39, 0.29) is 16.6 Å². The van der Waals surface area contributed by atoms with Crippen LogP contribution in [-0.4, -0.2) is 24.8 Å². The van der Waals surface area contributed by atoms with Gasteiger partial charge in [-0.3, -0.25) is 0 Å². The van der Waals surface area contributed by atoms with E-state index >= 15 is 0 Å². The summed E-state index contributed by atoms with van der Waals surface area (Å²) in [5.41, 5.74) is 0.679. The predicted molar refractivity (Wildman–Crippen MR) is 84.4 cm³/mol. The highest BCUT2D eigenvalue weighted by molar-refractivity contribution is 7.89. The van der Waals surface area contributed by atoms with E-state index < -0.39 is 10.0 Å². The van der Waals surface area contributed by atoms with Gasteiger partial charge in [-0.25, -0.2) is 13.4 Å². The third kappa shape index (κ3) is 3.87. The topological polar surface area (TPSA) is 50.3 Å². The Morgan fingerprint density at radius 2 is 1.76 bits per heavy atom. The minimum atomic E-state index is -3.74. The minimum Gasteiger partial charge on any atom is -0.243 e. The lowest BCUT2D eigenvalue weighted by Gasteiger charge is -2.18. The normalized spacial score (nSPS) is 11.9. The molecule has 0 aliphatic heterocycles. The molecule has 1 aromatic carbocycles. The summed E-state index contributed by atoms with van der Waals surface area (Å²) in [6.07, 6.45) is 1.43. The largest absolute Gasteiger partial charge is 0.246 e. The van der Waals surface area contributed by atoms with Crippen LogP contribution in [0.5, 0.6) is 0 Å². The van der Waals surface area contributed by atoms with Crippen LogP contribution in [0.4, 0.5) is 0 Å². The highest BCUT2D eigenvalue weighted by atomic mass is 35.5. The molecular weight excluding hydrogens is 355 g/mol. The van der Waals surface area contributed by atoms with E-state index in [9.17, 15) is 8.42 Å². The molecule has 8 heteroatoms. The standard InChI is InChI=1S/C13H11Cl3N2O2S/c1-18(8-9-5-10(14)7-11(15)6-9)21(19,20)12-3-2-4-17-13(12)16/h2-7H,8H2,1H3. The van der Waals surface area contributed by atoms with Gasteiger partial charge in [-0.2, -0.15) is 4.31 Å². The fraction of sp³-hybridized carbons (Fsp3) is 0.154. The quantitative estimate of drug-likeness (QED) is 0.773. The Bertz CT molecular complexity index is 746. The van der Waals surface area contributed by atoms with Gasteiger partial charge in [0.25, 0.3) is 0 Å². The Morgan fingerprint density at radius 3 is 2.33 bits per heavy atom. The molecular formula is C13H11Cl3N2O2S. The second-order valence-corrected chi connectivity index (χ2v) is 7.58. The maximum Gasteiger partial charge on any atom is 0.246 e. The summed E-state index contributed by atoms with van der Waals surface area (Å²) in [5.74, 6) is 0. The Kier molecular flexibility index (Phi) is 5.11. The lowest BCUT2D eigenvalue weighted by molar-refractivity contribution is 0.466. The van der Waals surface area contributed by atoms with Crippen molar-refractivity contribution in [3.8, 4) is 0 Å². The SMILES string of the molecule is CN(Cc1cc(Cl)cc(Cl)c1)S(=O)(=O)c1cccnc1Cl. The van der Waals surface area contributed by atoms with Gasteiger partial charge in [0.15, 0.2) is 0 Å². The lowest BCUT2D eigenvalue weighted by Crippen LogP contribution is -2.26. The van der Waals surface area contributed by atoms with Crippen molar-refractivity contribution in [2.45, 2.75) is 11.4 Å². The van der Waals surface area contributed by atoms with E-state index in [4.69, 9.17) is 34.8 Å². The zero-order valence-electron chi connectivity index (χ0n) is 10.9. The summed E-state index contributed by atoms with van der Waals surface area (Å²) in [7, 11) is -2.29. The number of benzene rings is 1. The molecule has 0 aliphatic rings. The Hall–Kier alpha value is -0.850. The summed E-state index contributed by atoms with van der Waals surface area (Å²) in [5, 5.41) is 0.832.